The summed E-state index contributed by atoms with van der Waals surface area (Å²) in [5.74, 6) is 2.67. The minimum Gasteiger partial charge on any atom is -0.342 e. The van der Waals surface area contributed by atoms with Crippen molar-refractivity contribution in [1.82, 2.24) is 5.32 Å². The van der Waals surface area contributed by atoms with Crippen LogP contribution in [0.15, 0.2) is 30.3 Å². The molecule has 0 spiro atoms. The van der Waals surface area contributed by atoms with Crippen LogP contribution in [-0.4, -0.2) is 11.9 Å². The molecule has 0 aliphatic rings. The molecule has 1 amide bonds. The first-order valence-corrected chi connectivity index (χ1v) is 6.55. The van der Waals surface area contributed by atoms with E-state index in [9.17, 15) is 4.79 Å². The number of amides is 1. The quantitative estimate of drug-likeness (QED) is 0.733. The molecule has 0 saturated heterocycles. The molecule has 0 saturated carbocycles. The van der Waals surface area contributed by atoms with Crippen LogP contribution in [0.3, 0.4) is 0 Å². The highest BCUT2D eigenvalue weighted by molar-refractivity contribution is 5.76. The normalized spacial score (nSPS) is 11.6. The molecule has 0 bridgehead atoms. The number of benzene rings is 1. The van der Waals surface area contributed by atoms with Crippen molar-refractivity contribution in [3.63, 3.8) is 0 Å². The molecule has 0 aliphatic carbocycles. The Morgan fingerprint density at radius 2 is 2.11 bits per heavy atom. The summed E-state index contributed by atoms with van der Waals surface area (Å²) >= 11 is 0. The first-order valence-electron chi connectivity index (χ1n) is 6.55. The van der Waals surface area contributed by atoms with E-state index in [0.29, 0.717) is 6.42 Å². The summed E-state index contributed by atoms with van der Waals surface area (Å²) in [4.78, 5) is 11.7. The lowest BCUT2D eigenvalue weighted by Gasteiger charge is -2.11. The van der Waals surface area contributed by atoms with E-state index in [2.05, 4.69) is 30.3 Å². The van der Waals surface area contributed by atoms with Crippen LogP contribution >= 0.6 is 0 Å². The van der Waals surface area contributed by atoms with Crippen molar-refractivity contribution in [2.24, 2.45) is 0 Å². The van der Waals surface area contributed by atoms with Crippen LogP contribution in [0, 0.1) is 12.3 Å². The molecule has 1 rings (SSSR count). The van der Waals surface area contributed by atoms with E-state index in [4.69, 9.17) is 6.42 Å². The molecule has 2 heteroatoms. The van der Waals surface area contributed by atoms with E-state index in [1.165, 1.54) is 5.56 Å². The topological polar surface area (TPSA) is 29.1 Å². The van der Waals surface area contributed by atoms with Gasteiger partial charge in [-0.3, -0.25) is 4.79 Å². The number of hydrogen-bond acceptors (Lipinski definition) is 1. The van der Waals surface area contributed by atoms with Crippen molar-refractivity contribution < 1.29 is 4.79 Å². The van der Waals surface area contributed by atoms with E-state index >= 15 is 0 Å². The smallest absolute Gasteiger partial charge is 0.220 e. The Labute approximate surface area is 110 Å². The average molecular weight is 243 g/mol. The van der Waals surface area contributed by atoms with Gasteiger partial charge in [0, 0.05) is 6.42 Å². The summed E-state index contributed by atoms with van der Waals surface area (Å²) in [6, 6.07) is 10.1. The number of terminal acetylenes is 1. The van der Waals surface area contributed by atoms with Gasteiger partial charge in [0.15, 0.2) is 0 Å². The summed E-state index contributed by atoms with van der Waals surface area (Å²) in [6.45, 7) is 2.06. The second-order valence-electron chi connectivity index (χ2n) is 4.41. The van der Waals surface area contributed by atoms with E-state index in [1.807, 2.05) is 18.2 Å². The first-order chi connectivity index (χ1) is 8.76. The SMILES string of the molecule is C#CC(CCC)NC(=O)CCCc1ccccc1. The van der Waals surface area contributed by atoms with Crippen LogP contribution in [0.1, 0.15) is 38.2 Å². The second-order valence-corrected chi connectivity index (χ2v) is 4.41. The van der Waals surface area contributed by atoms with Crippen LogP contribution < -0.4 is 5.32 Å². The van der Waals surface area contributed by atoms with Crippen molar-refractivity contribution >= 4 is 5.91 Å². The van der Waals surface area contributed by atoms with Crippen molar-refractivity contribution in [2.45, 2.75) is 45.1 Å². The van der Waals surface area contributed by atoms with Gasteiger partial charge in [-0.05, 0) is 24.8 Å². The number of carbonyl (C=O) groups excluding carboxylic acids is 1. The maximum atomic E-state index is 11.7. The van der Waals surface area contributed by atoms with Gasteiger partial charge in [0.2, 0.25) is 5.91 Å². The molecule has 1 aromatic rings. The van der Waals surface area contributed by atoms with Gasteiger partial charge < -0.3 is 5.32 Å². The van der Waals surface area contributed by atoms with Crippen molar-refractivity contribution in [1.29, 1.82) is 0 Å². The van der Waals surface area contributed by atoms with Crippen LogP contribution in [0.5, 0.6) is 0 Å². The van der Waals surface area contributed by atoms with Crippen LogP contribution in [0.25, 0.3) is 0 Å². The summed E-state index contributed by atoms with van der Waals surface area (Å²) < 4.78 is 0. The molecule has 0 heterocycles. The predicted octanol–water partition coefficient (Wildman–Crippen LogP) is 2.93. The van der Waals surface area contributed by atoms with Gasteiger partial charge >= 0.3 is 0 Å². The molecule has 1 unspecified atom stereocenters. The van der Waals surface area contributed by atoms with Gasteiger partial charge in [-0.1, -0.05) is 49.6 Å². The van der Waals surface area contributed by atoms with Crippen LogP contribution in [0.4, 0.5) is 0 Å². The Kier molecular flexibility index (Phi) is 6.64. The molecular weight excluding hydrogens is 222 g/mol. The minimum atomic E-state index is -0.112. The van der Waals surface area contributed by atoms with E-state index < -0.39 is 0 Å². The standard InChI is InChI=1S/C16H21NO/c1-3-9-15(4-2)17-16(18)13-8-12-14-10-6-5-7-11-14/h2,5-7,10-11,15H,3,8-9,12-13H2,1H3,(H,17,18). The third kappa shape index (κ3) is 5.54. The Morgan fingerprint density at radius 3 is 2.72 bits per heavy atom. The first kappa shape index (κ1) is 14.3. The number of carbonyl (C=O) groups is 1. The molecule has 1 aromatic carbocycles. The van der Waals surface area contributed by atoms with Gasteiger partial charge in [0.25, 0.3) is 0 Å². The molecule has 0 aliphatic heterocycles. The monoisotopic (exact) mass is 243 g/mol. The molecule has 0 radical (unpaired) electrons. The van der Waals surface area contributed by atoms with Gasteiger partial charge in [0.1, 0.15) is 0 Å². The summed E-state index contributed by atoms with van der Waals surface area (Å²) in [5, 5.41) is 2.88. The Hall–Kier alpha value is -1.75. The van der Waals surface area contributed by atoms with Crippen molar-refractivity contribution in [3.05, 3.63) is 35.9 Å². The van der Waals surface area contributed by atoms with Gasteiger partial charge in [0.05, 0.1) is 6.04 Å². The lowest BCUT2D eigenvalue weighted by atomic mass is 10.1. The molecule has 0 aromatic heterocycles. The van der Waals surface area contributed by atoms with Crippen molar-refractivity contribution in [3.8, 4) is 12.3 Å². The third-order valence-electron chi connectivity index (χ3n) is 2.83. The zero-order valence-corrected chi connectivity index (χ0v) is 11.0. The van der Waals surface area contributed by atoms with Crippen LogP contribution in [0.2, 0.25) is 0 Å². The predicted molar refractivity (Wildman–Crippen MR) is 75.1 cm³/mol. The number of hydrogen-bond donors (Lipinski definition) is 1. The van der Waals surface area contributed by atoms with Crippen molar-refractivity contribution in [2.75, 3.05) is 0 Å². The minimum absolute atomic E-state index is 0.0577. The van der Waals surface area contributed by atoms with E-state index in [1.54, 1.807) is 0 Å². The molecule has 96 valence electrons. The zero-order valence-electron chi connectivity index (χ0n) is 11.0. The Balaban J connectivity index is 2.23. The molecule has 1 atom stereocenters. The molecular formula is C16H21NO. The third-order valence-corrected chi connectivity index (χ3v) is 2.83. The van der Waals surface area contributed by atoms with Crippen LogP contribution in [-0.2, 0) is 11.2 Å². The lowest BCUT2D eigenvalue weighted by Crippen LogP contribution is -2.33. The molecule has 1 N–H and O–H groups in total. The average Bonchev–Trinajstić information content (AvgIpc) is 2.39. The molecule has 2 nitrogen and oxygen atoms in total. The zero-order chi connectivity index (χ0) is 13.2. The number of aryl methyl sites for hydroxylation is 1. The summed E-state index contributed by atoms with van der Waals surface area (Å²) in [6.07, 6.45) is 9.53. The van der Waals surface area contributed by atoms with Gasteiger partial charge in [-0.15, -0.1) is 6.42 Å². The number of rotatable bonds is 7. The highest BCUT2D eigenvalue weighted by Crippen LogP contribution is 2.05. The van der Waals surface area contributed by atoms with Gasteiger partial charge in [-0.25, -0.2) is 0 Å². The maximum Gasteiger partial charge on any atom is 0.220 e. The highest BCUT2D eigenvalue weighted by Gasteiger charge is 2.07. The van der Waals surface area contributed by atoms with E-state index in [-0.39, 0.29) is 11.9 Å². The lowest BCUT2D eigenvalue weighted by molar-refractivity contribution is -0.121. The maximum absolute atomic E-state index is 11.7. The molecule has 18 heavy (non-hydrogen) atoms. The second kappa shape index (κ2) is 8.36. The fourth-order valence-electron chi connectivity index (χ4n) is 1.85. The number of nitrogens with one attached hydrogen (secondary N) is 1. The summed E-state index contributed by atoms with van der Waals surface area (Å²) in [5.41, 5.74) is 1.27. The van der Waals surface area contributed by atoms with Gasteiger partial charge in [-0.2, -0.15) is 0 Å². The largest absolute Gasteiger partial charge is 0.342 e. The Morgan fingerprint density at radius 1 is 1.39 bits per heavy atom. The highest BCUT2D eigenvalue weighted by atomic mass is 16.1. The summed E-state index contributed by atoms with van der Waals surface area (Å²) in [7, 11) is 0. The Bertz CT molecular complexity index is 391. The fourth-order valence-corrected chi connectivity index (χ4v) is 1.85. The molecule has 0 fully saturated rings. The van der Waals surface area contributed by atoms with E-state index in [0.717, 1.165) is 25.7 Å². The fraction of sp³-hybridized carbons (Fsp3) is 0.438.